The molecule has 2 saturated heterocycles. The summed E-state index contributed by atoms with van der Waals surface area (Å²) in [5.74, 6) is 0. The number of rotatable bonds is 3. The molecule has 0 spiro atoms. The van der Waals surface area contributed by atoms with Gasteiger partial charge in [-0.15, -0.1) is 0 Å². The third kappa shape index (κ3) is 3.12. The van der Waals surface area contributed by atoms with Crippen LogP contribution in [-0.2, 0) is 16.1 Å². The standard InChI is InChI=1S/C16H24N2O3/c1-17-8-9-18(2)14-13(17)11-21-16(15(14)19)20-10-12-6-4-3-5-7-12/h3-7,13-16,19H,8-11H2,1-2H3/t13-,14-,15+,16-/m0/s1. The normalized spacial score (nSPS) is 34.6. The smallest absolute Gasteiger partial charge is 0.185 e. The van der Waals surface area contributed by atoms with Gasteiger partial charge in [-0.05, 0) is 19.7 Å². The lowest BCUT2D eigenvalue weighted by atomic mass is 9.94. The van der Waals surface area contributed by atoms with Crippen LogP contribution in [0.5, 0.6) is 0 Å². The van der Waals surface area contributed by atoms with E-state index in [1.807, 2.05) is 30.3 Å². The van der Waals surface area contributed by atoms with Crippen LogP contribution < -0.4 is 0 Å². The molecule has 5 nitrogen and oxygen atoms in total. The topological polar surface area (TPSA) is 45.2 Å². The Morgan fingerprint density at radius 3 is 2.67 bits per heavy atom. The van der Waals surface area contributed by atoms with E-state index >= 15 is 0 Å². The van der Waals surface area contributed by atoms with Crippen molar-refractivity contribution in [2.45, 2.75) is 31.1 Å². The Hall–Kier alpha value is -0.980. The van der Waals surface area contributed by atoms with Crippen LogP contribution >= 0.6 is 0 Å². The van der Waals surface area contributed by atoms with Crippen molar-refractivity contribution in [2.24, 2.45) is 0 Å². The molecule has 2 aliphatic rings. The van der Waals surface area contributed by atoms with Gasteiger partial charge in [0.2, 0.25) is 0 Å². The number of hydrogen-bond donors (Lipinski definition) is 1. The molecule has 5 heteroatoms. The van der Waals surface area contributed by atoms with Gasteiger partial charge in [-0.2, -0.15) is 0 Å². The van der Waals surface area contributed by atoms with E-state index in [-0.39, 0.29) is 12.1 Å². The number of benzene rings is 1. The highest BCUT2D eigenvalue weighted by atomic mass is 16.7. The van der Waals surface area contributed by atoms with Gasteiger partial charge >= 0.3 is 0 Å². The minimum Gasteiger partial charge on any atom is -0.386 e. The molecular formula is C16H24N2O3. The SMILES string of the molecule is CN1CCN(C)[C@H]2CO[C@H](OCc3ccccc3)[C@H](O)[C@H]21. The first kappa shape index (κ1) is 14.9. The first-order valence-electron chi connectivity index (χ1n) is 7.52. The lowest BCUT2D eigenvalue weighted by molar-refractivity contribution is -0.258. The van der Waals surface area contributed by atoms with Gasteiger partial charge in [-0.1, -0.05) is 30.3 Å². The largest absolute Gasteiger partial charge is 0.386 e. The Balaban J connectivity index is 1.63. The summed E-state index contributed by atoms with van der Waals surface area (Å²) in [4.78, 5) is 4.48. The van der Waals surface area contributed by atoms with Gasteiger partial charge in [0.25, 0.3) is 0 Å². The van der Waals surface area contributed by atoms with E-state index in [0.29, 0.717) is 13.2 Å². The number of fused-ring (bicyclic) bond motifs is 1. The highest BCUT2D eigenvalue weighted by molar-refractivity contribution is 5.13. The molecule has 116 valence electrons. The monoisotopic (exact) mass is 292 g/mol. The molecule has 1 aromatic rings. The zero-order valence-corrected chi connectivity index (χ0v) is 12.7. The second-order valence-electron chi connectivity index (χ2n) is 6.01. The number of aliphatic hydroxyl groups is 1. The number of likely N-dealkylation sites (N-methyl/N-ethyl adjacent to an activating group) is 2. The molecule has 0 radical (unpaired) electrons. The van der Waals surface area contributed by atoms with Crippen molar-refractivity contribution in [2.75, 3.05) is 33.8 Å². The first-order chi connectivity index (χ1) is 10.2. The maximum absolute atomic E-state index is 10.6. The van der Waals surface area contributed by atoms with Crippen LogP contribution in [0.3, 0.4) is 0 Å². The van der Waals surface area contributed by atoms with Crippen LogP contribution in [0.25, 0.3) is 0 Å². The Kier molecular flexibility index (Phi) is 4.57. The van der Waals surface area contributed by atoms with E-state index in [1.54, 1.807) is 0 Å². The van der Waals surface area contributed by atoms with Crippen molar-refractivity contribution in [3.05, 3.63) is 35.9 Å². The van der Waals surface area contributed by atoms with Gasteiger partial charge < -0.3 is 14.6 Å². The molecule has 0 aromatic heterocycles. The molecule has 4 atom stereocenters. The predicted octanol–water partition coefficient (Wildman–Crippen LogP) is 0.535. The van der Waals surface area contributed by atoms with Crippen molar-refractivity contribution < 1.29 is 14.6 Å². The first-order valence-corrected chi connectivity index (χ1v) is 7.52. The number of nitrogens with zero attached hydrogens (tertiary/aromatic N) is 2. The maximum Gasteiger partial charge on any atom is 0.185 e. The lowest BCUT2D eigenvalue weighted by Gasteiger charge is -2.50. The van der Waals surface area contributed by atoms with E-state index < -0.39 is 12.4 Å². The Bertz CT molecular complexity index is 456. The third-order valence-corrected chi connectivity index (χ3v) is 4.59. The molecule has 0 amide bonds. The summed E-state index contributed by atoms with van der Waals surface area (Å²) in [5.41, 5.74) is 1.09. The summed E-state index contributed by atoms with van der Waals surface area (Å²) in [6.45, 7) is 3.02. The van der Waals surface area contributed by atoms with Crippen molar-refractivity contribution >= 4 is 0 Å². The second kappa shape index (κ2) is 6.42. The van der Waals surface area contributed by atoms with Crippen molar-refractivity contribution in [1.29, 1.82) is 0 Å². The quantitative estimate of drug-likeness (QED) is 0.881. The highest BCUT2D eigenvalue weighted by Gasteiger charge is 2.45. The number of piperazine rings is 1. The van der Waals surface area contributed by atoms with E-state index in [4.69, 9.17) is 9.47 Å². The van der Waals surface area contributed by atoms with Crippen molar-refractivity contribution in [3.8, 4) is 0 Å². The minimum absolute atomic E-state index is 0.0678. The molecular weight excluding hydrogens is 268 g/mol. The van der Waals surface area contributed by atoms with Gasteiger partial charge in [-0.3, -0.25) is 9.80 Å². The van der Waals surface area contributed by atoms with Gasteiger partial charge in [-0.25, -0.2) is 0 Å². The van der Waals surface area contributed by atoms with Crippen LogP contribution in [0.4, 0.5) is 0 Å². The fourth-order valence-corrected chi connectivity index (χ4v) is 3.25. The zero-order valence-electron chi connectivity index (χ0n) is 12.7. The summed E-state index contributed by atoms with van der Waals surface area (Å²) >= 11 is 0. The van der Waals surface area contributed by atoms with Gasteiger partial charge in [0.1, 0.15) is 6.10 Å². The molecule has 1 aromatic carbocycles. The van der Waals surface area contributed by atoms with Crippen LogP contribution in [0, 0.1) is 0 Å². The lowest BCUT2D eigenvalue weighted by Crippen LogP contribution is -2.68. The molecule has 0 unspecified atom stereocenters. The molecule has 21 heavy (non-hydrogen) atoms. The molecule has 0 bridgehead atoms. The van der Waals surface area contributed by atoms with E-state index in [2.05, 4.69) is 23.9 Å². The molecule has 0 saturated carbocycles. The summed E-state index contributed by atoms with van der Waals surface area (Å²) < 4.78 is 11.6. The van der Waals surface area contributed by atoms with Gasteiger partial charge in [0.05, 0.1) is 25.3 Å². The Morgan fingerprint density at radius 1 is 1.19 bits per heavy atom. The van der Waals surface area contributed by atoms with Crippen LogP contribution in [0.1, 0.15) is 5.56 Å². The fourth-order valence-electron chi connectivity index (χ4n) is 3.25. The highest BCUT2D eigenvalue weighted by Crippen LogP contribution is 2.26. The molecule has 2 aliphatic heterocycles. The van der Waals surface area contributed by atoms with Crippen LogP contribution in [0.2, 0.25) is 0 Å². The van der Waals surface area contributed by atoms with E-state index in [9.17, 15) is 5.11 Å². The average Bonchev–Trinajstić information content (AvgIpc) is 2.51. The predicted molar refractivity (Wildman–Crippen MR) is 79.8 cm³/mol. The third-order valence-electron chi connectivity index (χ3n) is 4.59. The summed E-state index contributed by atoms with van der Waals surface area (Å²) in [6.07, 6.45) is -1.18. The number of aliphatic hydroxyl groups excluding tert-OH is 1. The Morgan fingerprint density at radius 2 is 1.90 bits per heavy atom. The molecule has 1 N–H and O–H groups in total. The van der Waals surface area contributed by atoms with Crippen LogP contribution in [-0.4, -0.2) is 73.2 Å². The zero-order chi connectivity index (χ0) is 14.8. The Labute approximate surface area is 126 Å². The van der Waals surface area contributed by atoms with Gasteiger partial charge in [0, 0.05) is 13.1 Å². The second-order valence-corrected chi connectivity index (χ2v) is 6.01. The minimum atomic E-state index is -0.625. The molecule has 0 aliphatic carbocycles. The van der Waals surface area contributed by atoms with Crippen molar-refractivity contribution in [1.82, 2.24) is 9.80 Å². The van der Waals surface area contributed by atoms with Gasteiger partial charge in [0.15, 0.2) is 6.29 Å². The van der Waals surface area contributed by atoms with E-state index in [0.717, 1.165) is 18.7 Å². The number of ether oxygens (including phenoxy) is 2. The summed E-state index contributed by atoms with van der Waals surface area (Å²) in [5, 5.41) is 10.6. The fraction of sp³-hybridized carbons (Fsp3) is 0.625. The van der Waals surface area contributed by atoms with Crippen LogP contribution in [0.15, 0.2) is 30.3 Å². The molecule has 2 fully saturated rings. The molecule has 2 heterocycles. The molecule has 3 rings (SSSR count). The summed E-state index contributed by atoms with van der Waals surface area (Å²) in [6, 6.07) is 10.3. The van der Waals surface area contributed by atoms with E-state index in [1.165, 1.54) is 0 Å². The average molecular weight is 292 g/mol. The number of hydrogen-bond acceptors (Lipinski definition) is 5. The summed E-state index contributed by atoms with van der Waals surface area (Å²) in [7, 11) is 4.15. The maximum atomic E-state index is 10.6. The van der Waals surface area contributed by atoms with Crippen molar-refractivity contribution in [3.63, 3.8) is 0 Å².